The van der Waals surface area contributed by atoms with Crippen molar-refractivity contribution in [2.24, 2.45) is 0 Å². The minimum absolute atomic E-state index is 0.263. The number of pyridine rings is 2. The summed E-state index contributed by atoms with van der Waals surface area (Å²) in [6, 6.07) is 10.8. The Morgan fingerprint density at radius 1 is 1.03 bits per heavy atom. The first-order valence-electron chi connectivity index (χ1n) is 9.26. The summed E-state index contributed by atoms with van der Waals surface area (Å²) < 4.78 is 26.7. The molecule has 4 rings (SSSR count). The maximum absolute atomic E-state index is 14.3. The van der Waals surface area contributed by atoms with E-state index in [2.05, 4.69) is 15.2 Å². The number of benzene rings is 1. The van der Waals surface area contributed by atoms with Gasteiger partial charge in [0.05, 0.1) is 14.2 Å². The van der Waals surface area contributed by atoms with Crippen LogP contribution >= 0.6 is 0 Å². The van der Waals surface area contributed by atoms with Gasteiger partial charge < -0.3 is 9.47 Å². The quantitative estimate of drug-likeness (QED) is 0.496. The molecule has 0 bridgehead atoms. The van der Waals surface area contributed by atoms with Gasteiger partial charge in [-0.25, -0.2) is 9.37 Å². The fourth-order valence-corrected chi connectivity index (χ4v) is 3.53. The van der Waals surface area contributed by atoms with Crippen LogP contribution in [0.2, 0.25) is 0 Å². The van der Waals surface area contributed by atoms with Crippen LogP contribution in [0.15, 0.2) is 48.9 Å². The Bertz CT molecular complexity index is 1170. The molecule has 148 valence electrons. The molecule has 4 aromatic rings. The Labute approximate surface area is 168 Å². The number of methoxy groups -OCH3 is 2. The van der Waals surface area contributed by atoms with Gasteiger partial charge in [0.25, 0.3) is 0 Å². The van der Waals surface area contributed by atoms with Crippen LogP contribution in [0.4, 0.5) is 4.39 Å². The van der Waals surface area contributed by atoms with Gasteiger partial charge in [-0.3, -0.25) is 4.40 Å². The van der Waals surface area contributed by atoms with Crippen molar-refractivity contribution in [1.82, 2.24) is 19.6 Å². The van der Waals surface area contributed by atoms with E-state index in [0.717, 1.165) is 28.0 Å². The molecule has 6 nitrogen and oxygen atoms in total. The van der Waals surface area contributed by atoms with Crippen molar-refractivity contribution >= 4 is 5.65 Å². The van der Waals surface area contributed by atoms with E-state index in [1.165, 1.54) is 6.07 Å². The third kappa shape index (κ3) is 3.51. The van der Waals surface area contributed by atoms with Crippen molar-refractivity contribution in [3.63, 3.8) is 0 Å². The number of ether oxygens (including phenoxy) is 2. The third-order valence-electron chi connectivity index (χ3n) is 5.05. The predicted octanol–water partition coefficient (Wildman–Crippen LogP) is 4.04. The summed E-state index contributed by atoms with van der Waals surface area (Å²) in [6.45, 7) is 2.00. The van der Waals surface area contributed by atoms with Crippen molar-refractivity contribution < 1.29 is 13.9 Å². The molecule has 0 aliphatic carbocycles. The first kappa shape index (κ1) is 18.9. The molecule has 1 aromatic carbocycles. The summed E-state index contributed by atoms with van der Waals surface area (Å²) in [5.41, 5.74) is 5.21. The Morgan fingerprint density at radius 2 is 1.90 bits per heavy atom. The van der Waals surface area contributed by atoms with E-state index in [-0.39, 0.29) is 5.82 Å². The lowest BCUT2D eigenvalue weighted by atomic mass is 10.0. The van der Waals surface area contributed by atoms with Crippen molar-refractivity contribution in [2.45, 2.75) is 19.8 Å². The molecule has 0 fully saturated rings. The number of hydrogen-bond donors (Lipinski definition) is 0. The Morgan fingerprint density at radius 3 is 2.66 bits per heavy atom. The molecule has 0 saturated carbocycles. The van der Waals surface area contributed by atoms with Crippen LogP contribution in [-0.4, -0.2) is 33.8 Å². The van der Waals surface area contributed by atoms with Crippen LogP contribution in [0.3, 0.4) is 0 Å². The first-order valence-corrected chi connectivity index (χ1v) is 9.26. The van der Waals surface area contributed by atoms with Crippen LogP contribution < -0.4 is 9.47 Å². The molecule has 0 aliphatic rings. The van der Waals surface area contributed by atoms with E-state index in [1.807, 2.05) is 29.5 Å². The normalized spacial score (nSPS) is 11.0. The zero-order chi connectivity index (χ0) is 20.4. The second kappa shape index (κ2) is 7.87. The summed E-state index contributed by atoms with van der Waals surface area (Å²) >= 11 is 0. The molecule has 0 atom stereocenters. The lowest BCUT2D eigenvalue weighted by Crippen LogP contribution is -2.03. The van der Waals surface area contributed by atoms with Crippen LogP contribution in [0.1, 0.15) is 16.8 Å². The van der Waals surface area contributed by atoms with E-state index >= 15 is 0 Å². The standard InChI is InChI=1S/C22H21FN4O2/c1-14-11-21(29-3)24-12-18(14)16-9-7-15(27-13-25-26-22(16)27)8-10-17-19(23)5-4-6-20(17)28-2/h4-7,9,11-13H,8,10H2,1-3H3. The number of fused-ring (bicyclic) bond motifs is 1. The van der Waals surface area contributed by atoms with Gasteiger partial charge in [-0.05, 0) is 49.6 Å². The van der Waals surface area contributed by atoms with Gasteiger partial charge in [-0.2, -0.15) is 0 Å². The number of halogens is 1. The average molecular weight is 392 g/mol. The van der Waals surface area contributed by atoms with E-state index in [0.29, 0.717) is 30.0 Å². The summed E-state index contributed by atoms with van der Waals surface area (Å²) in [5, 5.41) is 8.39. The highest BCUT2D eigenvalue weighted by molar-refractivity contribution is 5.79. The monoisotopic (exact) mass is 392 g/mol. The second-order valence-electron chi connectivity index (χ2n) is 6.73. The molecule has 3 heterocycles. The predicted molar refractivity (Wildman–Crippen MR) is 108 cm³/mol. The minimum atomic E-state index is -0.263. The van der Waals surface area contributed by atoms with Crippen molar-refractivity contribution in [2.75, 3.05) is 14.2 Å². The molecule has 7 heteroatoms. The van der Waals surface area contributed by atoms with Crippen molar-refractivity contribution in [1.29, 1.82) is 0 Å². The van der Waals surface area contributed by atoms with E-state index in [1.54, 1.807) is 38.9 Å². The minimum Gasteiger partial charge on any atom is -0.496 e. The Hall–Kier alpha value is -3.48. The Kier molecular flexibility index (Phi) is 5.12. The fourth-order valence-electron chi connectivity index (χ4n) is 3.53. The highest BCUT2D eigenvalue weighted by Gasteiger charge is 2.15. The zero-order valence-electron chi connectivity index (χ0n) is 16.5. The Balaban J connectivity index is 1.69. The molecular weight excluding hydrogens is 371 g/mol. The molecule has 3 aromatic heterocycles. The number of aromatic nitrogens is 4. The lowest BCUT2D eigenvalue weighted by Gasteiger charge is -2.12. The maximum Gasteiger partial charge on any atom is 0.213 e. The fraction of sp³-hybridized carbons (Fsp3) is 0.227. The van der Waals surface area contributed by atoms with Crippen LogP contribution in [0, 0.1) is 12.7 Å². The highest BCUT2D eigenvalue weighted by Crippen LogP contribution is 2.29. The summed E-state index contributed by atoms with van der Waals surface area (Å²) in [7, 11) is 3.15. The van der Waals surface area contributed by atoms with E-state index in [4.69, 9.17) is 9.47 Å². The number of hydrogen-bond acceptors (Lipinski definition) is 5. The molecule has 0 aliphatic heterocycles. The van der Waals surface area contributed by atoms with Gasteiger partial charge in [0.1, 0.15) is 17.9 Å². The summed E-state index contributed by atoms with van der Waals surface area (Å²) in [6.07, 6.45) is 4.58. The lowest BCUT2D eigenvalue weighted by molar-refractivity contribution is 0.397. The van der Waals surface area contributed by atoms with Gasteiger partial charge in [0.15, 0.2) is 5.65 Å². The van der Waals surface area contributed by atoms with E-state index < -0.39 is 0 Å². The maximum atomic E-state index is 14.3. The van der Waals surface area contributed by atoms with Crippen LogP contribution in [0.25, 0.3) is 16.8 Å². The highest BCUT2D eigenvalue weighted by atomic mass is 19.1. The van der Waals surface area contributed by atoms with Gasteiger partial charge in [-0.1, -0.05) is 6.07 Å². The largest absolute Gasteiger partial charge is 0.496 e. The molecule has 0 unspecified atom stereocenters. The smallest absolute Gasteiger partial charge is 0.213 e. The first-order chi connectivity index (χ1) is 14.1. The average Bonchev–Trinajstić information content (AvgIpc) is 3.23. The third-order valence-corrected chi connectivity index (χ3v) is 5.05. The second-order valence-corrected chi connectivity index (χ2v) is 6.73. The van der Waals surface area contributed by atoms with Gasteiger partial charge in [-0.15, -0.1) is 10.2 Å². The van der Waals surface area contributed by atoms with E-state index in [9.17, 15) is 4.39 Å². The number of aryl methyl sites for hydroxylation is 2. The molecule has 0 radical (unpaired) electrons. The number of nitrogens with zero attached hydrogens (tertiary/aromatic N) is 4. The molecule has 0 saturated heterocycles. The van der Waals surface area contributed by atoms with Crippen molar-refractivity contribution in [3.8, 4) is 22.8 Å². The SMILES string of the molecule is COc1cc(C)c(-c2ccc(CCc3c(F)cccc3OC)n3cnnc23)cn1. The van der Waals surface area contributed by atoms with Gasteiger partial charge >= 0.3 is 0 Å². The molecule has 0 spiro atoms. The van der Waals surface area contributed by atoms with Gasteiger partial charge in [0, 0.05) is 34.6 Å². The summed E-state index contributed by atoms with van der Waals surface area (Å²) in [4.78, 5) is 4.32. The van der Waals surface area contributed by atoms with Gasteiger partial charge in [0.2, 0.25) is 5.88 Å². The van der Waals surface area contributed by atoms with Crippen molar-refractivity contribution in [3.05, 3.63) is 71.6 Å². The molecule has 29 heavy (non-hydrogen) atoms. The molecule has 0 amide bonds. The summed E-state index contributed by atoms with van der Waals surface area (Å²) in [5.74, 6) is 0.863. The molecular formula is C22H21FN4O2. The topological polar surface area (TPSA) is 61.5 Å². The van der Waals surface area contributed by atoms with Crippen LogP contribution in [-0.2, 0) is 12.8 Å². The number of rotatable bonds is 6. The zero-order valence-corrected chi connectivity index (χ0v) is 16.5. The molecule has 0 N–H and O–H groups in total. The van der Waals surface area contributed by atoms with Crippen LogP contribution in [0.5, 0.6) is 11.6 Å².